The molecule has 0 aromatic heterocycles. The van der Waals surface area contributed by atoms with Crippen LogP contribution in [0.2, 0.25) is 0 Å². The van der Waals surface area contributed by atoms with Gasteiger partial charge in [-0.1, -0.05) is 45.2 Å². The van der Waals surface area contributed by atoms with Crippen molar-refractivity contribution < 1.29 is 19.1 Å². The smallest absolute Gasteiger partial charge is 0.306 e. The summed E-state index contributed by atoms with van der Waals surface area (Å²) < 4.78 is 12.6. The van der Waals surface area contributed by atoms with Crippen LogP contribution in [0.25, 0.3) is 0 Å². The summed E-state index contributed by atoms with van der Waals surface area (Å²) in [5.74, 6) is -0.440. The maximum absolute atomic E-state index is 11.6. The monoisotopic (exact) mass is 510 g/mol. The molecule has 0 rings (SSSR count). The number of unbranched alkanes of at least 4 members (excludes halogenated alkanes) is 2. The predicted molar refractivity (Wildman–Crippen MR) is 96.6 cm³/mol. The van der Waals surface area contributed by atoms with Gasteiger partial charge in [-0.2, -0.15) is 0 Å². The zero-order chi connectivity index (χ0) is 15.4. The molecule has 0 saturated heterocycles. The summed E-state index contributed by atoms with van der Waals surface area (Å²) >= 11 is 4.57. The molecular weight excluding hydrogens is 486 g/mol. The van der Waals surface area contributed by atoms with Crippen molar-refractivity contribution in [2.24, 2.45) is 0 Å². The quantitative estimate of drug-likeness (QED) is 0.182. The van der Waals surface area contributed by atoms with E-state index in [9.17, 15) is 9.59 Å². The fourth-order valence-corrected chi connectivity index (χ4v) is 2.52. The number of alkyl halides is 2. The van der Waals surface area contributed by atoms with Crippen molar-refractivity contribution in [3.05, 3.63) is 0 Å². The minimum Gasteiger partial charge on any atom is -0.461 e. The summed E-state index contributed by atoms with van der Waals surface area (Å²) in [7, 11) is 0. The molecule has 118 valence electrons. The van der Waals surface area contributed by atoms with Gasteiger partial charge in [0.1, 0.15) is 12.2 Å². The first-order valence-corrected chi connectivity index (χ1v) is 9.96. The van der Waals surface area contributed by atoms with Gasteiger partial charge in [0.15, 0.2) is 0 Å². The van der Waals surface area contributed by atoms with Crippen molar-refractivity contribution in [2.45, 2.75) is 58.0 Å². The number of halogens is 2. The van der Waals surface area contributed by atoms with Gasteiger partial charge in [0.25, 0.3) is 0 Å². The Morgan fingerprint density at radius 2 is 1.40 bits per heavy atom. The summed E-state index contributed by atoms with van der Waals surface area (Å²) in [6.07, 6.45) is 4.58. The van der Waals surface area contributed by atoms with Gasteiger partial charge < -0.3 is 9.47 Å². The highest BCUT2D eigenvalue weighted by atomic mass is 127. The molecule has 0 atom stereocenters. The van der Waals surface area contributed by atoms with Crippen LogP contribution in [-0.4, -0.2) is 33.0 Å². The highest BCUT2D eigenvalue weighted by Gasteiger charge is 2.24. The van der Waals surface area contributed by atoms with E-state index in [0.717, 1.165) is 34.5 Å². The Balaban J connectivity index is 3.87. The molecule has 0 spiro atoms. The van der Waals surface area contributed by atoms with Gasteiger partial charge >= 0.3 is 11.9 Å². The molecule has 0 aromatic rings. The zero-order valence-corrected chi connectivity index (χ0v) is 16.6. The SMILES string of the molecule is CC(C)(COC(=O)CCCCI)OC(=O)CCCCI. The van der Waals surface area contributed by atoms with Gasteiger partial charge in [0, 0.05) is 12.8 Å². The van der Waals surface area contributed by atoms with Crippen LogP contribution in [0.15, 0.2) is 0 Å². The van der Waals surface area contributed by atoms with E-state index in [-0.39, 0.29) is 18.5 Å². The van der Waals surface area contributed by atoms with E-state index in [0.29, 0.717) is 12.8 Å². The number of hydrogen-bond acceptors (Lipinski definition) is 4. The number of carbonyl (C=O) groups excluding carboxylic acids is 2. The second-order valence-corrected chi connectivity index (χ2v) is 7.34. The molecule has 0 saturated carbocycles. The molecular formula is C14H24I2O4. The zero-order valence-electron chi connectivity index (χ0n) is 12.3. The standard InChI is InChI=1S/C14H24I2O4/c1-14(2,20-13(18)8-4-6-10-16)11-19-12(17)7-3-5-9-15/h3-11H2,1-2H3. The third-order valence-corrected chi connectivity index (χ3v) is 4.03. The molecule has 0 aliphatic rings. The third kappa shape index (κ3) is 12.2. The van der Waals surface area contributed by atoms with Crippen LogP contribution in [0.3, 0.4) is 0 Å². The maximum Gasteiger partial charge on any atom is 0.306 e. The van der Waals surface area contributed by atoms with E-state index in [1.165, 1.54) is 0 Å². The van der Waals surface area contributed by atoms with Crippen molar-refractivity contribution in [2.75, 3.05) is 15.5 Å². The molecule has 0 heterocycles. The first kappa shape index (κ1) is 20.4. The average Bonchev–Trinajstić information content (AvgIpc) is 2.36. The Bertz CT molecular complexity index is 293. The Kier molecular flexibility index (Phi) is 12.2. The Hall–Kier alpha value is 0.400. The molecule has 0 unspecified atom stereocenters. The molecule has 0 aliphatic heterocycles. The summed E-state index contributed by atoms with van der Waals surface area (Å²) in [6.45, 7) is 3.65. The van der Waals surface area contributed by atoms with E-state index in [1.807, 2.05) is 0 Å². The van der Waals surface area contributed by atoms with Crippen LogP contribution < -0.4 is 0 Å². The summed E-state index contributed by atoms with van der Waals surface area (Å²) in [4.78, 5) is 23.1. The van der Waals surface area contributed by atoms with E-state index >= 15 is 0 Å². The second-order valence-electron chi connectivity index (χ2n) is 5.19. The van der Waals surface area contributed by atoms with Gasteiger partial charge in [-0.15, -0.1) is 0 Å². The van der Waals surface area contributed by atoms with Gasteiger partial charge in [0.2, 0.25) is 0 Å². The van der Waals surface area contributed by atoms with Crippen LogP contribution in [0.4, 0.5) is 0 Å². The minimum atomic E-state index is -0.750. The molecule has 0 radical (unpaired) electrons. The molecule has 0 fully saturated rings. The van der Waals surface area contributed by atoms with E-state index in [2.05, 4.69) is 45.2 Å². The number of carbonyl (C=O) groups is 2. The predicted octanol–water partition coefficient (Wildman–Crippen LogP) is 4.06. The molecule has 4 nitrogen and oxygen atoms in total. The van der Waals surface area contributed by atoms with Crippen molar-refractivity contribution in [3.8, 4) is 0 Å². The first-order valence-electron chi connectivity index (χ1n) is 6.90. The number of esters is 2. The van der Waals surface area contributed by atoms with Crippen LogP contribution in [0.5, 0.6) is 0 Å². The van der Waals surface area contributed by atoms with E-state index in [4.69, 9.17) is 9.47 Å². The number of ether oxygens (including phenoxy) is 2. The Labute approximate surface area is 149 Å². The highest BCUT2D eigenvalue weighted by Crippen LogP contribution is 2.13. The molecule has 20 heavy (non-hydrogen) atoms. The van der Waals surface area contributed by atoms with Gasteiger partial charge in [-0.25, -0.2) is 0 Å². The minimum absolute atomic E-state index is 0.119. The number of rotatable bonds is 11. The lowest BCUT2D eigenvalue weighted by Gasteiger charge is -2.24. The first-order chi connectivity index (χ1) is 9.41. The maximum atomic E-state index is 11.6. The Morgan fingerprint density at radius 1 is 0.900 bits per heavy atom. The molecule has 0 N–H and O–H groups in total. The molecule has 0 aliphatic carbocycles. The lowest BCUT2D eigenvalue weighted by Crippen LogP contribution is -2.34. The highest BCUT2D eigenvalue weighted by molar-refractivity contribution is 14.1. The topological polar surface area (TPSA) is 52.6 Å². The molecule has 6 heteroatoms. The normalized spacial score (nSPS) is 11.2. The van der Waals surface area contributed by atoms with Gasteiger partial charge in [-0.05, 0) is 48.4 Å². The fraction of sp³-hybridized carbons (Fsp3) is 0.857. The number of hydrogen-bond donors (Lipinski definition) is 0. The molecule has 0 bridgehead atoms. The molecule has 0 aromatic carbocycles. The van der Waals surface area contributed by atoms with E-state index in [1.54, 1.807) is 13.8 Å². The Morgan fingerprint density at radius 3 is 1.90 bits per heavy atom. The summed E-state index contributed by atoms with van der Waals surface area (Å²) in [5.41, 5.74) is -0.750. The average molecular weight is 510 g/mol. The fourth-order valence-electron chi connectivity index (χ4n) is 1.44. The van der Waals surface area contributed by atoms with Crippen molar-refractivity contribution in [1.82, 2.24) is 0 Å². The molecule has 0 amide bonds. The van der Waals surface area contributed by atoms with Crippen LogP contribution in [0, 0.1) is 0 Å². The van der Waals surface area contributed by atoms with Crippen molar-refractivity contribution in [3.63, 3.8) is 0 Å². The lowest BCUT2D eigenvalue weighted by atomic mass is 10.1. The van der Waals surface area contributed by atoms with Crippen LogP contribution in [-0.2, 0) is 19.1 Å². The largest absolute Gasteiger partial charge is 0.461 e. The summed E-state index contributed by atoms with van der Waals surface area (Å²) in [6, 6.07) is 0. The lowest BCUT2D eigenvalue weighted by molar-refractivity contribution is -0.168. The van der Waals surface area contributed by atoms with E-state index < -0.39 is 5.60 Å². The van der Waals surface area contributed by atoms with Crippen LogP contribution >= 0.6 is 45.2 Å². The van der Waals surface area contributed by atoms with Gasteiger partial charge in [0.05, 0.1) is 0 Å². The second kappa shape index (κ2) is 12.0. The van der Waals surface area contributed by atoms with Crippen LogP contribution in [0.1, 0.15) is 52.4 Å². The van der Waals surface area contributed by atoms with Crippen molar-refractivity contribution in [1.29, 1.82) is 0 Å². The summed E-state index contributed by atoms with van der Waals surface area (Å²) in [5, 5.41) is 0. The van der Waals surface area contributed by atoms with Gasteiger partial charge in [-0.3, -0.25) is 9.59 Å². The van der Waals surface area contributed by atoms with Crippen molar-refractivity contribution >= 4 is 57.1 Å². The third-order valence-electron chi connectivity index (χ3n) is 2.50.